The smallest absolute Gasteiger partial charge is 0.191 e. The van der Waals surface area contributed by atoms with E-state index in [0.29, 0.717) is 0 Å². The summed E-state index contributed by atoms with van der Waals surface area (Å²) in [5.41, 5.74) is 1.19. The average molecular weight is 519 g/mol. The van der Waals surface area contributed by atoms with E-state index in [2.05, 4.69) is 49.6 Å². The van der Waals surface area contributed by atoms with Crippen LogP contribution in [0.25, 0.3) is 10.2 Å². The molecule has 1 heterocycles. The molecule has 158 valence electrons. The number of benzene rings is 1. The first-order valence-corrected chi connectivity index (χ1v) is 11.0. The third kappa shape index (κ3) is 7.48. The van der Waals surface area contributed by atoms with Gasteiger partial charge in [-0.15, -0.1) is 35.3 Å². The number of aliphatic hydroxyl groups is 1. The maximum atomic E-state index is 9.38. The van der Waals surface area contributed by atoms with Crippen LogP contribution < -0.4 is 10.6 Å². The number of para-hydroxylation sites is 1. The number of aliphatic imine (C=N–C) groups is 1. The quantitative estimate of drug-likeness (QED) is 0.176. The van der Waals surface area contributed by atoms with Gasteiger partial charge < -0.3 is 15.7 Å². The summed E-state index contributed by atoms with van der Waals surface area (Å²) >= 11 is 1.78. The Morgan fingerprint density at radius 2 is 1.93 bits per heavy atom. The lowest BCUT2D eigenvalue weighted by Gasteiger charge is -2.29. The number of aliphatic hydroxyl groups excluding tert-OH is 1. The number of hydrogen-bond donors (Lipinski definition) is 3. The SMILES string of the molecule is CCNC(=NCC(CC)(CC)CCO)NCCCc1nc2ccccc2s1.I. The summed E-state index contributed by atoms with van der Waals surface area (Å²) in [7, 11) is 0. The third-order valence-corrected chi connectivity index (χ3v) is 6.35. The van der Waals surface area contributed by atoms with Gasteiger partial charge in [0.2, 0.25) is 0 Å². The fourth-order valence-corrected chi connectivity index (χ4v) is 4.21. The molecule has 7 heteroatoms. The molecule has 0 aliphatic heterocycles. The third-order valence-electron chi connectivity index (χ3n) is 5.26. The van der Waals surface area contributed by atoms with E-state index in [4.69, 9.17) is 9.98 Å². The molecule has 0 atom stereocenters. The van der Waals surface area contributed by atoms with Gasteiger partial charge in [0, 0.05) is 32.7 Å². The summed E-state index contributed by atoms with van der Waals surface area (Å²) in [6.45, 7) is 9.14. The predicted octanol–water partition coefficient (Wildman–Crippen LogP) is 4.59. The second-order valence-corrected chi connectivity index (χ2v) is 8.10. The maximum absolute atomic E-state index is 9.38. The first-order valence-electron chi connectivity index (χ1n) is 10.1. The standard InChI is InChI=1S/C21H34N4OS.HI/c1-4-21(5-2,13-15-26)16-24-20(22-6-3)23-14-9-12-19-25-17-10-7-8-11-18(17)27-19;/h7-8,10-11,26H,4-6,9,12-16H2,1-3H3,(H2,22,23,24);1H. The monoisotopic (exact) mass is 518 g/mol. The van der Waals surface area contributed by atoms with E-state index in [1.54, 1.807) is 11.3 Å². The summed E-state index contributed by atoms with van der Waals surface area (Å²) in [4.78, 5) is 9.49. The molecule has 0 aliphatic carbocycles. The number of fused-ring (bicyclic) bond motifs is 1. The van der Waals surface area contributed by atoms with Crippen LogP contribution in [0.3, 0.4) is 0 Å². The van der Waals surface area contributed by atoms with E-state index in [1.165, 1.54) is 9.71 Å². The average Bonchev–Trinajstić information content (AvgIpc) is 3.11. The minimum absolute atomic E-state index is 0. The molecule has 0 unspecified atom stereocenters. The van der Waals surface area contributed by atoms with Crippen LogP contribution in [-0.2, 0) is 6.42 Å². The van der Waals surface area contributed by atoms with E-state index in [1.807, 2.05) is 6.07 Å². The molecule has 28 heavy (non-hydrogen) atoms. The fraction of sp³-hybridized carbons (Fsp3) is 0.619. The first kappa shape index (κ1) is 25.1. The summed E-state index contributed by atoms with van der Waals surface area (Å²) < 4.78 is 1.26. The minimum Gasteiger partial charge on any atom is -0.396 e. The van der Waals surface area contributed by atoms with Gasteiger partial charge >= 0.3 is 0 Å². The summed E-state index contributed by atoms with van der Waals surface area (Å²) in [6.07, 6.45) is 4.87. The number of nitrogens with one attached hydrogen (secondary N) is 2. The highest BCUT2D eigenvalue weighted by Gasteiger charge is 2.25. The maximum Gasteiger partial charge on any atom is 0.191 e. The lowest BCUT2D eigenvalue weighted by molar-refractivity contribution is 0.175. The second kappa shape index (κ2) is 13.3. The van der Waals surface area contributed by atoms with Crippen LogP contribution in [0.1, 0.15) is 51.5 Å². The van der Waals surface area contributed by atoms with Gasteiger partial charge in [-0.25, -0.2) is 4.98 Å². The van der Waals surface area contributed by atoms with Gasteiger partial charge in [-0.05, 0) is 50.2 Å². The second-order valence-electron chi connectivity index (χ2n) is 6.98. The molecule has 0 saturated carbocycles. The highest BCUT2D eigenvalue weighted by molar-refractivity contribution is 14.0. The molecule has 1 aromatic heterocycles. The van der Waals surface area contributed by atoms with Crippen LogP contribution in [0.4, 0.5) is 0 Å². The number of hydrogen-bond acceptors (Lipinski definition) is 4. The van der Waals surface area contributed by atoms with Crippen molar-refractivity contribution in [3.05, 3.63) is 29.3 Å². The van der Waals surface area contributed by atoms with E-state index in [9.17, 15) is 5.11 Å². The van der Waals surface area contributed by atoms with Crippen molar-refractivity contribution in [1.82, 2.24) is 15.6 Å². The molecule has 2 aromatic rings. The fourth-order valence-electron chi connectivity index (χ4n) is 3.21. The van der Waals surface area contributed by atoms with Crippen molar-refractivity contribution in [2.75, 3.05) is 26.2 Å². The zero-order chi connectivity index (χ0) is 19.5. The number of nitrogens with zero attached hydrogens (tertiary/aromatic N) is 2. The van der Waals surface area contributed by atoms with Crippen molar-refractivity contribution in [2.45, 2.75) is 52.9 Å². The summed E-state index contributed by atoms with van der Waals surface area (Å²) in [5, 5.41) is 17.3. The molecule has 3 N–H and O–H groups in total. The van der Waals surface area contributed by atoms with E-state index in [-0.39, 0.29) is 36.0 Å². The molecular weight excluding hydrogens is 483 g/mol. The van der Waals surface area contributed by atoms with Gasteiger partial charge in [0.05, 0.1) is 15.2 Å². The van der Waals surface area contributed by atoms with Crippen molar-refractivity contribution in [3.8, 4) is 0 Å². The normalized spacial score (nSPS) is 12.1. The van der Waals surface area contributed by atoms with Crippen LogP contribution in [0, 0.1) is 5.41 Å². The van der Waals surface area contributed by atoms with E-state index < -0.39 is 0 Å². The molecule has 0 amide bonds. The number of rotatable bonds is 11. The van der Waals surface area contributed by atoms with Gasteiger partial charge in [0.15, 0.2) is 5.96 Å². The lowest BCUT2D eigenvalue weighted by atomic mass is 9.79. The van der Waals surface area contributed by atoms with Crippen molar-refractivity contribution in [1.29, 1.82) is 0 Å². The predicted molar refractivity (Wildman–Crippen MR) is 132 cm³/mol. The Morgan fingerprint density at radius 1 is 1.18 bits per heavy atom. The van der Waals surface area contributed by atoms with Crippen LogP contribution in [0.15, 0.2) is 29.3 Å². The topological polar surface area (TPSA) is 69.5 Å². The van der Waals surface area contributed by atoms with Gasteiger partial charge in [-0.2, -0.15) is 0 Å². The number of guanidine groups is 1. The molecule has 0 spiro atoms. The Kier molecular flexibility index (Phi) is 11.9. The largest absolute Gasteiger partial charge is 0.396 e. The zero-order valence-electron chi connectivity index (χ0n) is 17.3. The summed E-state index contributed by atoms with van der Waals surface area (Å²) in [6, 6.07) is 8.30. The molecule has 0 radical (unpaired) electrons. The molecule has 0 aliphatic rings. The highest BCUT2D eigenvalue weighted by atomic mass is 127. The molecule has 5 nitrogen and oxygen atoms in total. The lowest BCUT2D eigenvalue weighted by Crippen LogP contribution is -2.39. The minimum atomic E-state index is 0. The van der Waals surface area contributed by atoms with Gasteiger partial charge in [-0.1, -0.05) is 26.0 Å². The molecule has 2 rings (SSSR count). The van der Waals surface area contributed by atoms with Gasteiger partial charge in [0.1, 0.15) is 0 Å². The van der Waals surface area contributed by atoms with Crippen molar-refractivity contribution in [3.63, 3.8) is 0 Å². The highest BCUT2D eigenvalue weighted by Crippen LogP contribution is 2.30. The molecule has 1 aromatic carbocycles. The van der Waals surface area contributed by atoms with Gasteiger partial charge in [0.25, 0.3) is 0 Å². The Balaban J connectivity index is 0.00000392. The number of thiazole rings is 1. The van der Waals surface area contributed by atoms with Crippen LogP contribution >= 0.6 is 35.3 Å². The van der Waals surface area contributed by atoms with Crippen LogP contribution in [0.5, 0.6) is 0 Å². The molecular formula is C21H35IN4OS. The molecule has 0 saturated heterocycles. The number of aromatic nitrogens is 1. The Labute approximate surface area is 190 Å². The van der Waals surface area contributed by atoms with Crippen molar-refractivity contribution >= 4 is 51.5 Å². The Morgan fingerprint density at radius 3 is 2.57 bits per heavy atom. The van der Waals surface area contributed by atoms with Crippen molar-refractivity contribution in [2.24, 2.45) is 10.4 Å². The van der Waals surface area contributed by atoms with Crippen molar-refractivity contribution < 1.29 is 5.11 Å². The molecule has 0 bridgehead atoms. The first-order chi connectivity index (χ1) is 13.2. The zero-order valence-corrected chi connectivity index (χ0v) is 20.5. The van der Waals surface area contributed by atoms with Gasteiger partial charge in [-0.3, -0.25) is 4.99 Å². The van der Waals surface area contributed by atoms with E-state index >= 15 is 0 Å². The Hall–Kier alpha value is -0.930. The van der Waals surface area contributed by atoms with Crippen LogP contribution in [-0.4, -0.2) is 42.3 Å². The van der Waals surface area contributed by atoms with Crippen LogP contribution in [0.2, 0.25) is 0 Å². The number of halogens is 1. The number of aryl methyl sites for hydroxylation is 1. The Bertz CT molecular complexity index is 682. The molecule has 0 fully saturated rings. The summed E-state index contributed by atoms with van der Waals surface area (Å²) in [5.74, 6) is 0.867. The van der Waals surface area contributed by atoms with E-state index in [0.717, 1.165) is 63.2 Å².